The van der Waals surface area contributed by atoms with Gasteiger partial charge < -0.3 is 15.8 Å². The molecule has 5 rings (SSSR count). The third kappa shape index (κ3) is 5.61. The minimum Gasteiger partial charge on any atom is -0.497 e. The number of carbonyl (C=O) groups excluding carboxylic acids is 2. The third-order valence-corrected chi connectivity index (χ3v) is 7.90. The minimum absolute atomic E-state index is 0.0123. The van der Waals surface area contributed by atoms with Crippen molar-refractivity contribution in [3.8, 4) is 17.0 Å². The molecule has 40 heavy (non-hydrogen) atoms. The average Bonchev–Trinajstić information content (AvgIpc) is 3.59. The number of aromatic nitrogens is 1. The molecule has 3 aromatic heterocycles. The predicted molar refractivity (Wildman–Crippen MR) is 153 cm³/mol. The minimum atomic E-state index is -4.73. The molecule has 6 nitrogen and oxygen atoms in total. The summed E-state index contributed by atoms with van der Waals surface area (Å²) in [6.07, 6.45) is -1.55. The van der Waals surface area contributed by atoms with Gasteiger partial charge in [-0.25, -0.2) is 4.98 Å². The summed E-state index contributed by atoms with van der Waals surface area (Å²) in [5.74, 6) is -0.345. The Balaban J connectivity index is 1.42. The number of amides is 1. The lowest BCUT2D eigenvalue weighted by Crippen LogP contribution is -2.12. The number of nitrogen functional groups attached to an aromatic ring is 1. The Labute approximate surface area is 234 Å². The highest BCUT2D eigenvalue weighted by atomic mass is 32.1. The number of allylic oxidation sites excluding steroid dienone is 1. The maximum atomic E-state index is 14.1. The van der Waals surface area contributed by atoms with E-state index in [2.05, 4.69) is 10.3 Å². The van der Waals surface area contributed by atoms with Crippen molar-refractivity contribution < 1.29 is 27.5 Å². The number of ketones is 1. The topological polar surface area (TPSA) is 94.3 Å². The second-order valence-electron chi connectivity index (χ2n) is 8.55. The van der Waals surface area contributed by atoms with Gasteiger partial charge in [0, 0.05) is 27.1 Å². The molecular formula is C29H20F3N3O3S2. The number of pyridine rings is 1. The first kappa shape index (κ1) is 27.1. The summed E-state index contributed by atoms with van der Waals surface area (Å²) in [5, 5.41) is 4.23. The number of benzene rings is 2. The van der Waals surface area contributed by atoms with Gasteiger partial charge in [-0.15, -0.1) is 22.7 Å². The molecule has 0 radical (unpaired) electrons. The number of ether oxygens (including phenoxy) is 1. The largest absolute Gasteiger partial charge is 0.497 e. The fourth-order valence-electron chi connectivity index (χ4n) is 3.97. The summed E-state index contributed by atoms with van der Waals surface area (Å²) in [7, 11) is 1.49. The standard InChI is InChI=1S/C29H20F3N3O3S2/c1-38-19-10-6-16(7-11-19)22-15-21(29(30,31)32)24-25(33)26(40-28(24)35-22)27(37)34-18-8-4-17(5-9-18)23(36)13-12-20-3-2-14-39-20/h2-15H,33H2,1H3,(H,34,37). The first-order valence-electron chi connectivity index (χ1n) is 11.8. The first-order valence-corrected chi connectivity index (χ1v) is 13.5. The number of hydrogen-bond acceptors (Lipinski definition) is 7. The van der Waals surface area contributed by atoms with E-state index in [1.54, 1.807) is 42.5 Å². The molecule has 1 amide bonds. The Morgan fingerprint density at radius 3 is 2.40 bits per heavy atom. The van der Waals surface area contributed by atoms with E-state index in [1.165, 1.54) is 36.7 Å². The SMILES string of the molecule is COc1ccc(-c2cc(C(F)(F)F)c3c(N)c(C(=O)Nc4ccc(C(=O)C=Cc5cccs5)cc4)sc3n2)cc1. The summed E-state index contributed by atoms with van der Waals surface area (Å²) >= 11 is 2.28. The lowest BCUT2D eigenvalue weighted by molar-refractivity contribution is -0.136. The first-order chi connectivity index (χ1) is 19.1. The van der Waals surface area contributed by atoms with Crippen LogP contribution in [0.4, 0.5) is 24.5 Å². The Hall–Kier alpha value is -4.48. The Morgan fingerprint density at radius 2 is 1.77 bits per heavy atom. The number of fused-ring (bicyclic) bond motifs is 1. The number of halogens is 3. The molecule has 0 aliphatic rings. The lowest BCUT2D eigenvalue weighted by atomic mass is 10.1. The smallest absolute Gasteiger partial charge is 0.417 e. The number of carbonyl (C=O) groups is 2. The fourth-order valence-corrected chi connectivity index (χ4v) is 5.60. The Bertz CT molecular complexity index is 1730. The Morgan fingerprint density at radius 1 is 1.05 bits per heavy atom. The zero-order chi connectivity index (χ0) is 28.4. The molecule has 202 valence electrons. The summed E-state index contributed by atoms with van der Waals surface area (Å²) < 4.78 is 47.3. The predicted octanol–water partition coefficient (Wildman–Crippen LogP) is 7.78. The van der Waals surface area contributed by atoms with Gasteiger partial charge in [0.15, 0.2) is 5.78 Å². The molecular weight excluding hydrogens is 559 g/mol. The number of thiophene rings is 2. The normalized spacial score (nSPS) is 11.7. The van der Waals surface area contributed by atoms with Crippen LogP contribution < -0.4 is 15.8 Å². The summed E-state index contributed by atoms with van der Waals surface area (Å²) in [6, 6.07) is 17.3. The lowest BCUT2D eigenvalue weighted by Gasteiger charge is -2.11. The average molecular weight is 580 g/mol. The van der Waals surface area contributed by atoms with Crippen molar-refractivity contribution in [2.45, 2.75) is 6.18 Å². The van der Waals surface area contributed by atoms with Gasteiger partial charge in [-0.2, -0.15) is 13.2 Å². The van der Waals surface area contributed by atoms with E-state index in [0.717, 1.165) is 22.3 Å². The van der Waals surface area contributed by atoms with Gasteiger partial charge in [-0.05, 0) is 78.2 Å². The van der Waals surface area contributed by atoms with Crippen LogP contribution in [-0.2, 0) is 6.18 Å². The summed E-state index contributed by atoms with van der Waals surface area (Å²) in [4.78, 5) is 30.7. The molecule has 3 N–H and O–H groups in total. The monoisotopic (exact) mass is 579 g/mol. The van der Waals surface area contributed by atoms with Gasteiger partial charge >= 0.3 is 6.18 Å². The van der Waals surface area contributed by atoms with Gasteiger partial charge in [0.05, 0.1) is 24.1 Å². The van der Waals surface area contributed by atoms with Crippen molar-refractivity contribution in [2.75, 3.05) is 18.2 Å². The maximum Gasteiger partial charge on any atom is 0.417 e. The number of rotatable bonds is 7. The van der Waals surface area contributed by atoms with Gasteiger partial charge in [-0.3, -0.25) is 9.59 Å². The number of nitrogens with two attached hydrogens (primary N) is 1. The highest BCUT2D eigenvalue weighted by Crippen LogP contribution is 2.43. The van der Waals surface area contributed by atoms with Crippen molar-refractivity contribution in [1.29, 1.82) is 0 Å². The molecule has 3 heterocycles. The van der Waals surface area contributed by atoms with Gasteiger partial charge in [0.1, 0.15) is 15.5 Å². The van der Waals surface area contributed by atoms with Crippen LogP contribution in [0.1, 0.15) is 30.5 Å². The van der Waals surface area contributed by atoms with Crippen molar-refractivity contribution >= 4 is 62.0 Å². The van der Waals surface area contributed by atoms with Crippen molar-refractivity contribution in [1.82, 2.24) is 4.98 Å². The molecule has 5 aromatic rings. The number of nitrogens with one attached hydrogen (secondary N) is 1. The van der Waals surface area contributed by atoms with E-state index in [4.69, 9.17) is 10.5 Å². The fraction of sp³-hybridized carbons (Fsp3) is 0.0690. The molecule has 0 aliphatic carbocycles. The molecule has 0 saturated carbocycles. The number of hydrogen-bond donors (Lipinski definition) is 2. The van der Waals surface area contributed by atoms with Crippen LogP contribution in [0.3, 0.4) is 0 Å². The molecule has 0 bridgehead atoms. The van der Waals surface area contributed by atoms with Crippen LogP contribution in [0.25, 0.3) is 27.6 Å². The zero-order valence-electron chi connectivity index (χ0n) is 20.8. The van der Waals surface area contributed by atoms with Crippen LogP contribution >= 0.6 is 22.7 Å². The van der Waals surface area contributed by atoms with Crippen molar-refractivity contribution in [2.24, 2.45) is 0 Å². The number of methoxy groups -OCH3 is 1. The molecule has 0 spiro atoms. The van der Waals surface area contributed by atoms with Crippen LogP contribution in [0.2, 0.25) is 0 Å². The number of alkyl halides is 3. The van der Waals surface area contributed by atoms with E-state index in [9.17, 15) is 22.8 Å². The van der Waals surface area contributed by atoms with E-state index in [-0.39, 0.29) is 32.3 Å². The molecule has 2 aromatic carbocycles. The van der Waals surface area contributed by atoms with Crippen LogP contribution in [0, 0.1) is 0 Å². The number of nitrogens with zero attached hydrogens (tertiary/aromatic N) is 1. The van der Waals surface area contributed by atoms with E-state index >= 15 is 0 Å². The zero-order valence-corrected chi connectivity index (χ0v) is 22.4. The number of anilines is 2. The third-order valence-electron chi connectivity index (χ3n) is 5.97. The highest BCUT2D eigenvalue weighted by molar-refractivity contribution is 7.21. The van der Waals surface area contributed by atoms with Gasteiger partial charge in [-0.1, -0.05) is 6.07 Å². The summed E-state index contributed by atoms with van der Waals surface area (Å²) in [6.45, 7) is 0. The molecule has 0 aliphatic heterocycles. The van der Waals surface area contributed by atoms with Gasteiger partial charge in [0.2, 0.25) is 0 Å². The molecule has 0 atom stereocenters. The van der Waals surface area contributed by atoms with Gasteiger partial charge in [0.25, 0.3) is 5.91 Å². The molecule has 11 heteroatoms. The maximum absolute atomic E-state index is 14.1. The molecule has 0 saturated heterocycles. The molecule has 0 unspecified atom stereocenters. The van der Waals surface area contributed by atoms with E-state index in [1.807, 2.05) is 17.5 Å². The van der Waals surface area contributed by atoms with Crippen molar-refractivity contribution in [3.05, 3.63) is 99.1 Å². The van der Waals surface area contributed by atoms with Crippen LogP contribution in [0.15, 0.2) is 78.2 Å². The second kappa shape index (κ2) is 10.9. The van der Waals surface area contributed by atoms with Crippen molar-refractivity contribution in [3.63, 3.8) is 0 Å². The van der Waals surface area contributed by atoms with E-state index < -0.39 is 17.6 Å². The van der Waals surface area contributed by atoms with Crippen LogP contribution in [-0.4, -0.2) is 23.8 Å². The van der Waals surface area contributed by atoms with E-state index in [0.29, 0.717) is 22.6 Å². The Kier molecular flexibility index (Phi) is 7.42. The van der Waals surface area contributed by atoms with Crippen LogP contribution in [0.5, 0.6) is 5.75 Å². The second-order valence-corrected chi connectivity index (χ2v) is 10.5. The quantitative estimate of drug-likeness (QED) is 0.152. The highest BCUT2D eigenvalue weighted by Gasteiger charge is 2.36. The summed E-state index contributed by atoms with van der Waals surface area (Å²) in [5.41, 5.74) is 6.12. The molecule has 0 fully saturated rings.